The van der Waals surface area contributed by atoms with Gasteiger partial charge in [0, 0.05) is 37.9 Å². The number of ether oxygens (including phenoxy) is 3. The lowest BCUT2D eigenvalue weighted by Gasteiger charge is -2.24. The highest BCUT2D eigenvalue weighted by Gasteiger charge is 2.37. The Hall–Kier alpha value is -2.81. The molecule has 0 aliphatic carbocycles. The van der Waals surface area contributed by atoms with E-state index in [0.717, 1.165) is 19.4 Å². The van der Waals surface area contributed by atoms with Crippen molar-refractivity contribution in [1.82, 2.24) is 10.6 Å². The summed E-state index contributed by atoms with van der Waals surface area (Å²) in [5.74, 6) is -0.0403. The van der Waals surface area contributed by atoms with Crippen molar-refractivity contribution in [2.75, 3.05) is 31.4 Å². The highest BCUT2D eigenvalue weighted by Crippen LogP contribution is 2.37. The van der Waals surface area contributed by atoms with Gasteiger partial charge in [-0.1, -0.05) is 13.8 Å². The fraction of sp³-hybridized carbons (Fsp3) is 0.591. The highest BCUT2D eigenvalue weighted by atomic mass is 16.7. The van der Waals surface area contributed by atoms with Crippen LogP contribution < -0.4 is 25.0 Å². The second kappa shape index (κ2) is 9.13. The molecule has 0 bridgehead atoms. The maximum Gasteiger partial charge on any atom is 0.242 e. The van der Waals surface area contributed by atoms with Crippen LogP contribution in [0.25, 0.3) is 0 Å². The molecule has 2 saturated heterocycles. The Bertz CT molecular complexity index is 852. The molecule has 0 aromatic heterocycles. The predicted molar refractivity (Wildman–Crippen MR) is 112 cm³/mol. The molecule has 0 unspecified atom stereocenters. The van der Waals surface area contributed by atoms with E-state index in [9.17, 15) is 14.4 Å². The third kappa shape index (κ3) is 4.76. The van der Waals surface area contributed by atoms with Crippen LogP contribution in [0.5, 0.6) is 11.5 Å². The Morgan fingerprint density at radius 3 is 2.77 bits per heavy atom. The second-order valence-electron chi connectivity index (χ2n) is 8.55. The number of benzene rings is 1. The zero-order valence-corrected chi connectivity index (χ0v) is 17.9. The van der Waals surface area contributed by atoms with Gasteiger partial charge in [0.25, 0.3) is 0 Å². The molecule has 3 heterocycles. The molecule has 3 aliphatic heterocycles. The first-order valence-electron chi connectivity index (χ1n) is 10.8. The van der Waals surface area contributed by atoms with Crippen LogP contribution in [-0.2, 0) is 19.1 Å². The van der Waals surface area contributed by atoms with E-state index in [-0.39, 0.29) is 49.5 Å². The number of nitrogens with one attached hydrogen (secondary N) is 2. The fourth-order valence-corrected chi connectivity index (χ4v) is 4.12. The molecule has 3 atom stereocenters. The van der Waals surface area contributed by atoms with Gasteiger partial charge in [0.05, 0.1) is 12.0 Å². The number of carbonyl (C=O) groups is 3. The molecule has 168 valence electrons. The van der Waals surface area contributed by atoms with Gasteiger partial charge in [0.15, 0.2) is 11.5 Å². The van der Waals surface area contributed by atoms with Gasteiger partial charge in [-0.3, -0.25) is 14.4 Å². The standard InChI is InChI=1S/C22H29N3O6/c1-13(2)20(22(28)23-10-16-4-3-7-29-16)24-21(27)14-8-19(26)25(11-14)15-5-6-17-18(9-15)31-12-30-17/h5-6,9,13-14,16,20H,3-4,7-8,10-12H2,1-2H3,(H,23,28)(H,24,27)/t14-,16-,20+/m1/s1. The average Bonchev–Trinajstić information content (AvgIpc) is 3.49. The smallest absolute Gasteiger partial charge is 0.242 e. The van der Waals surface area contributed by atoms with Crippen molar-refractivity contribution in [3.05, 3.63) is 18.2 Å². The summed E-state index contributed by atoms with van der Waals surface area (Å²) in [6, 6.07) is 4.62. The maximum atomic E-state index is 12.9. The summed E-state index contributed by atoms with van der Waals surface area (Å²) < 4.78 is 16.2. The molecule has 9 nitrogen and oxygen atoms in total. The van der Waals surface area contributed by atoms with E-state index in [1.165, 1.54) is 0 Å². The van der Waals surface area contributed by atoms with Crippen LogP contribution in [0.2, 0.25) is 0 Å². The normalized spacial score (nSPS) is 23.3. The van der Waals surface area contributed by atoms with Gasteiger partial charge in [0.1, 0.15) is 6.04 Å². The van der Waals surface area contributed by atoms with E-state index in [1.807, 2.05) is 13.8 Å². The number of carbonyl (C=O) groups excluding carboxylic acids is 3. The number of rotatable bonds is 7. The Morgan fingerprint density at radius 2 is 2.03 bits per heavy atom. The zero-order valence-electron chi connectivity index (χ0n) is 17.9. The quantitative estimate of drug-likeness (QED) is 0.672. The molecule has 2 N–H and O–H groups in total. The molecular weight excluding hydrogens is 402 g/mol. The lowest BCUT2D eigenvalue weighted by Crippen LogP contribution is -2.52. The topological polar surface area (TPSA) is 106 Å². The van der Waals surface area contributed by atoms with Crippen LogP contribution in [0.15, 0.2) is 18.2 Å². The summed E-state index contributed by atoms with van der Waals surface area (Å²) in [6.45, 7) is 5.35. The summed E-state index contributed by atoms with van der Waals surface area (Å²) >= 11 is 0. The maximum absolute atomic E-state index is 12.9. The first-order chi connectivity index (χ1) is 14.9. The predicted octanol–water partition coefficient (Wildman–Crippen LogP) is 1.20. The number of anilines is 1. The van der Waals surface area contributed by atoms with E-state index in [4.69, 9.17) is 14.2 Å². The lowest BCUT2D eigenvalue weighted by molar-refractivity contribution is -0.132. The minimum Gasteiger partial charge on any atom is -0.454 e. The summed E-state index contributed by atoms with van der Waals surface area (Å²) in [4.78, 5) is 39.7. The van der Waals surface area contributed by atoms with Crippen LogP contribution in [0.1, 0.15) is 33.1 Å². The molecule has 31 heavy (non-hydrogen) atoms. The first-order valence-corrected chi connectivity index (χ1v) is 10.8. The summed E-state index contributed by atoms with van der Waals surface area (Å²) in [6.07, 6.45) is 2.07. The number of hydrogen-bond acceptors (Lipinski definition) is 6. The van der Waals surface area contributed by atoms with E-state index in [2.05, 4.69) is 10.6 Å². The fourth-order valence-electron chi connectivity index (χ4n) is 4.12. The Kier molecular flexibility index (Phi) is 6.31. The van der Waals surface area contributed by atoms with Crippen LogP contribution in [0.3, 0.4) is 0 Å². The Morgan fingerprint density at radius 1 is 1.23 bits per heavy atom. The minimum atomic E-state index is -0.663. The van der Waals surface area contributed by atoms with Gasteiger partial charge in [-0.05, 0) is 30.9 Å². The zero-order chi connectivity index (χ0) is 22.0. The molecule has 0 saturated carbocycles. The van der Waals surface area contributed by atoms with Gasteiger partial charge in [-0.2, -0.15) is 0 Å². The molecule has 1 aromatic rings. The second-order valence-corrected chi connectivity index (χ2v) is 8.55. The molecule has 1 aromatic carbocycles. The van der Waals surface area contributed by atoms with Crippen molar-refractivity contribution in [1.29, 1.82) is 0 Å². The van der Waals surface area contributed by atoms with Crippen LogP contribution in [0, 0.1) is 11.8 Å². The van der Waals surface area contributed by atoms with Gasteiger partial charge in [-0.15, -0.1) is 0 Å². The highest BCUT2D eigenvalue weighted by molar-refractivity contribution is 6.01. The molecule has 4 rings (SSSR count). The van der Waals surface area contributed by atoms with Crippen molar-refractivity contribution in [3.63, 3.8) is 0 Å². The molecule has 2 fully saturated rings. The SMILES string of the molecule is CC(C)[C@H](NC(=O)[C@@H]1CC(=O)N(c2ccc3c(c2)OCO3)C1)C(=O)NC[C@H]1CCCO1. The van der Waals surface area contributed by atoms with Crippen LogP contribution in [-0.4, -0.2) is 56.4 Å². The van der Waals surface area contributed by atoms with Crippen molar-refractivity contribution < 1.29 is 28.6 Å². The molecule has 3 amide bonds. The molecular formula is C22H29N3O6. The third-order valence-corrected chi connectivity index (χ3v) is 5.94. The van der Waals surface area contributed by atoms with Gasteiger partial charge < -0.3 is 29.7 Å². The van der Waals surface area contributed by atoms with Crippen LogP contribution >= 0.6 is 0 Å². The Balaban J connectivity index is 1.35. The van der Waals surface area contributed by atoms with Crippen molar-refractivity contribution in [2.24, 2.45) is 11.8 Å². The minimum absolute atomic E-state index is 0.0372. The monoisotopic (exact) mass is 431 g/mol. The lowest BCUT2D eigenvalue weighted by atomic mass is 10.0. The van der Waals surface area contributed by atoms with Gasteiger partial charge >= 0.3 is 0 Å². The Labute approximate surface area is 181 Å². The summed E-state index contributed by atoms with van der Waals surface area (Å²) in [5.41, 5.74) is 0.666. The van der Waals surface area contributed by atoms with E-state index < -0.39 is 12.0 Å². The van der Waals surface area contributed by atoms with E-state index >= 15 is 0 Å². The largest absolute Gasteiger partial charge is 0.454 e. The third-order valence-electron chi connectivity index (χ3n) is 5.94. The van der Waals surface area contributed by atoms with Crippen molar-refractivity contribution in [3.8, 4) is 11.5 Å². The molecule has 9 heteroatoms. The number of amides is 3. The first kappa shape index (κ1) is 21.4. The number of hydrogen-bond donors (Lipinski definition) is 2. The van der Waals surface area contributed by atoms with E-state index in [1.54, 1.807) is 23.1 Å². The van der Waals surface area contributed by atoms with Gasteiger partial charge in [-0.25, -0.2) is 0 Å². The summed E-state index contributed by atoms with van der Waals surface area (Å²) in [5, 5.41) is 5.74. The van der Waals surface area contributed by atoms with Crippen molar-refractivity contribution >= 4 is 23.4 Å². The summed E-state index contributed by atoms with van der Waals surface area (Å²) in [7, 11) is 0. The molecule has 0 radical (unpaired) electrons. The van der Waals surface area contributed by atoms with Crippen LogP contribution in [0.4, 0.5) is 5.69 Å². The average molecular weight is 431 g/mol. The van der Waals surface area contributed by atoms with Gasteiger partial charge in [0.2, 0.25) is 24.5 Å². The number of nitrogens with zero attached hydrogens (tertiary/aromatic N) is 1. The molecule has 0 spiro atoms. The van der Waals surface area contributed by atoms with Crippen molar-refractivity contribution in [2.45, 2.75) is 45.3 Å². The van der Waals surface area contributed by atoms with E-state index in [0.29, 0.717) is 23.7 Å². The number of fused-ring (bicyclic) bond motifs is 1. The molecule has 3 aliphatic rings.